The van der Waals surface area contributed by atoms with Gasteiger partial charge in [-0.2, -0.15) is 13.2 Å². The summed E-state index contributed by atoms with van der Waals surface area (Å²) in [7, 11) is -4.06. The number of halogens is 3. The summed E-state index contributed by atoms with van der Waals surface area (Å²) in [5.41, 5.74) is 0.745. The number of carbonyl (C=O) groups is 1. The zero-order chi connectivity index (χ0) is 19.8. The van der Waals surface area contributed by atoms with Crippen LogP contribution in [0.4, 0.5) is 24.5 Å². The first-order valence-corrected chi connectivity index (χ1v) is 9.67. The van der Waals surface area contributed by atoms with E-state index in [1.54, 1.807) is 23.1 Å². The summed E-state index contributed by atoms with van der Waals surface area (Å²) in [5.74, 6) is -0.0270. The molecule has 2 aromatic rings. The van der Waals surface area contributed by atoms with Crippen LogP contribution in [0.1, 0.15) is 24.0 Å². The van der Waals surface area contributed by atoms with E-state index >= 15 is 0 Å². The van der Waals surface area contributed by atoms with Crippen molar-refractivity contribution < 1.29 is 26.4 Å². The van der Waals surface area contributed by atoms with Gasteiger partial charge in [0.05, 0.1) is 16.1 Å². The van der Waals surface area contributed by atoms with Crippen molar-refractivity contribution in [2.24, 2.45) is 0 Å². The standard InChI is InChI=1S/C18H17F3N2O3S/c1-12-4-7-14(11-16(12)23-10-2-3-17(23)24)22-27(25,26)15-8-5-13(6-9-15)18(19,20)21/h4-9,11,22H,2-3,10H2,1H3. The van der Waals surface area contributed by atoms with Crippen molar-refractivity contribution in [2.45, 2.75) is 30.8 Å². The molecule has 0 bridgehead atoms. The molecule has 0 radical (unpaired) electrons. The van der Waals surface area contributed by atoms with Crippen molar-refractivity contribution in [1.82, 2.24) is 0 Å². The number of rotatable bonds is 4. The normalized spacial score (nSPS) is 15.3. The number of aryl methyl sites for hydroxylation is 1. The van der Waals surface area contributed by atoms with Gasteiger partial charge in [0, 0.05) is 18.7 Å². The van der Waals surface area contributed by atoms with Crippen molar-refractivity contribution in [3.8, 4) is 0 Å². The minimum Gasteiger partial charge on any atom is -0.312 e. The minimum atomic E-state index is -4.54. The lowest BCUT2D eigenvalue weighted by Crippen LogP contribution is -2.24. The van der Waals surface area contributed by atoms with Gasteiger partial charge in [0.15, 0.2) is 0 Å². The minimum absolute atomic E-state index is 0.0270. The predicted molar refractivity (Wildman–Crippen MR) is 95.0 cm³/mol. The second-order valence-electron chi connectivity index (χ2n) is 6.28. The molecular formula is C18H17F3N2O3S. The summed E-state index contributed by atoms with van der Waals surface area (Å²) in [6.45, 7) is 2.38. The second-order valence-corrected chi connectivity index (χ2v) is 7.96. The van der Waals surface area contributed by atoms with Crippen LogP contribution in [0, 0.1) is 6.92 Å². The third kappa shape index (κ3) is 4.08. The van der Waals surface area contributed by atoms with E-state index in [-0.39, 0.29) is 16.5 Å². The number of nitrogens with one attached hydrogen (secondary N) is 1. The number of hydrogen-bond acceptors (Lipinski definition) is 3. The topological polar surface area (TPSA) is 66.5 Å². The number of alkyl halides is 3. The molecule has 1 aliphatic rings. The summed E-state index contributed by atoms with van der Waals surface area (Å²) in [5, 5.41) is 0. The van der Waals surface area contributed by atoms with Gasteiger partial charge < -0.3 is 4.90 Å². The summed E-state index contributed by atoms with van der Waals surface area (Å²) in [6, 6.07) is 8.04. The average Bonchev–Trinajstić information content (AvgIpc) is 3.01. The molecule has 0 spiro atoms. The number of hydrogen-bond donors (Lipinski definition) is 1. The number of sulfonamides is 1. The molecule has 1 aliphatic heterocycles. The van der Waals surface area contributed by atoms with Gasteiger partial charge in [-0.3, -0.25) is 9.52 Å². The van der Waals surface area contributed by atoms with Crippen LogP contribution in [0.25, 0.3) is 0 Å². The molecule has 1 saturated heterocycles. The molecule has 0 atom stereocenters. The van der Waals surface area contributed by atoms with Gasteiger partial charge in [0.2, 0.25) is 5.91 Å². The molecule has 1 heterocycles. The van der Waals surface area contributed by atoms with E-state index in [0.717, 1.165) is 36.2 Å². The first kappa shape index (κ1) is 19.2. The number of nitrogens with zero attached hydrogens (tertiary/aromatic N) is 1. The van der Waals surface area contributed by atoms with Crippen LogP contribution in [0.3, 0.4) is 0 Å². The lowest BCUT2D eigenvalue weighted by atomic mass is 10.1. The first-order valence-electron chi connectivity index (χ1n) is 8.19. The maximum atomic E-state index is 12.6. The highest BCUT2D eigenvalue weighted by atomic mass is 32.2. The SMILES string of the molecule is Cc1ccc(NS(=O)(=O)c2ccc(C(F)(F)F)cc2)cc1N1CCCC1=O. The predicted octanol–water partition coefficient (Wildman–Crippen LogP) is 3.94. The lowest BCUT2D eigenvalue weighted by Gasteiger charge is -2.19. The van der Waals surface area contributed by atoms with E-state index in [0.29, 0.717) is 18.7 Å². The number of amides is 1. The Morgan fingerprint density at radius 1 is 1.07 bits per heavy atom. The zero-order valence-electron chi connectivity index (χ0n) is 14.4. The maximum Gasteiger partial charge on any atom is 0.416 e. The Morgan fingerprint density at radius 3 is 2.30 bits per heavy atom. The Hall–Kier alpha value is -2.55. The van der Waals surface area contributed by atoms with Crippen LogP contribution in [0.2, 0.25) is 0 Å². The molecule has 1 fully saturated rings. The van der Waals surface area contributed by atoms with Gasteiger partial charge in [-0.05, 0) is 55.3 Å². The molecular weight excluding hydrogens is 381 g/mol. The van der Waals surface area contributed by atoms with Crippen molar-refractivity contribution in [3.63, 3.8) is 0 Å². The third-order valence-corrected chi connectivity index (χ3v) is 5.71. The fourth-order valence-electron chi connectivity index (χ4n) is 2.90. The van der Waals surface area contributed by atoms with Crippen molar-refractivity contribution in [3.05, 3.63) is 53.6 Å². The molecule has 27 heavy (non-hydrogen) atoms. The van der Waals surface area contributed by atoms with Gasteiger partial charge in [0.25, 0.3) is 10.0 Å². The summed E-state index contributed by atoms with van der Waals surface area (Å²) < 4.78 is 65.2. The second kappa shape index (κ2) is 6.88. The van der Waals surface area contributed by atoms with Crippen molar-refractivity contribution in [2.75, 3.05) is 16.2 Å². The fourth-order valence-corrected chi connectivity index (χ4v) is 3.95. The third-order valence-electron chi connectivity index (χ3n) is 4.32. The van der Waals surface area contributed by atoms with Gasteiger partial charge >= 0.3 is 6.18 Å². The molecule has 0 aromatic heterocycles. The molecule has 9 heteroatoms. The van der Waals surface area contributed by atoms with Crippen LogP contribution in [0.15, 0.2) is 47.4 Å². The molecule has 1 N–H and O–H groups in total. The molecule has 0 unspecified atom stereocenters. The summed E-state index contributed by atoms with van der Waals surface area (Å²) >= 11 is 0. The van der Waals surface area contributed by atoms with Gasteiger partial charge in [-0.25, -0.2) is 8.42 Å². The number of carbonyl (C=O) groups excluding carboxylic acids is 1. The van der Waals surface area contributed by atoms with Gasteiger partial charge in [0.1, 0.15) is 0 Å². The number of benzene rings is 2. The monoisotopic (exact) mass is 398 g/mol. The summed E-state index contributed by atoms with van der Waals surface area (Å²) in [4.78, 5) is 13.3. The smallest absolute Gasteiger partial charge is 0.312 e. The highest BCUT2D eigenvalue weighted by Crippen LogP contribution is 2.31. The van der Waals surface area contributed by atoms with E-state index in [9.17, 15) is 26.4 Å². The van der Waals surface area contributed by atoms with E-state index in [1.165, 1.54) is 0 Å². The average molecular weight is 398 g/mol. The Balaban J connectivity index is 1.87. The highest BCUT2D eigenvalue weighted by Gasteiger charge is 2.30. The Labute approximate surface area is 154 Å². The van der Waals surface area contributed by atoms with Crippen molar-refractivity contribution in [1.29, 1.82) is 0 Å². The van der Waals surface area contributed by atoms with Gasteiger partial charge in [-0.15, -0.1) is 0 Å². The maximum absolute atomic E-state index is 12.6. The van der Waals surface area contributed by atoms with Crippen LogP contribution < -0.4 is 9.62 Å². The van der Waals surface area contributed by atoms with Crippen LogP contribution in [-0.4, -0.2) is 20.9 Å². The fraction of sp³-hybridized carbons (Fsp3) is 0.278. The van der Waals surface area contributed by atoms with Crippen molar-refractivity contribution >= 4 is 27.3 Å². The number of anilines is 2. The Morgan fingerprint density at radius 2 is 1.74 bits per heavy atom. The van der Waals surface area contributed by atoms with Gasteiger partial charge in [-0.1, -0.05) is 6.07 Å². The van der Waals surface area contributed by atoms with E-state index in [4.69, 9.17) is 0 Å². The van der Waals surface area contributed by atoms with E-state index < -0.39 is 21.8 Å². The van der Waals surface area contributed by atoms with Crippen LogP contribution in [0.5, 0.6) is 0 Å². The molecule has 5 nitrogen and oxygen atoms in total. The lowest BCUT2D eigenvalue weighted by molar-refractivity contribution is -0.137. The quantitative estimate of drug-likeness (QED) is 0.848. The molecule has 0 saturated carbocycles. The first-order chi connectivity index (χ1) is 12.6. The van der Waals surface area contributed by atoms with E-state index in [2.05, 4.69) is 4.72 Å². The largest absolute Gasteiger partial charge is 0.416 e. The molecule has 144 valence electrons. The molecule has 0 aliphatic carbocycles. The van der Waals surface area contributed by atoms with E-state index in [1.807, 2.05) is 6.92 Å². The Bertz CT molecular complexity index is 970. The van der Waals surface area contributed by atoms with Crippen LogP contribution >= 0.6 is 0 Å². The highest BCUT2D eigenvalue weighted by molar-refractivity contribution is 7.92. The summed E-state index contributed by atoms with van der Waals surface area (Å²) in [6.07, 6.45) is -3.36. The van der Waals surface area contributed by atoms with Crippen LogP contribution in [-0.2, 0) is 21.0 Å². The molecule has 2 aromatic carbocycles. The Kier molecular flexibility index (Phi) is 4.90. The molecule has 3 rings (SSSR count). The zero-order valence-corrected chi connectivity index (χ0v) is 15.2. The molecule has 1 amide bonds.